The zero-order chi connectivity index (χ0) is 35.7. The largest absolute Gasteiger partial charge is 0.497 e. The molecule has 8 rings (SSSR count). The van der Waals surface area contributed by atoms with Gasteiger partial charge >= 0.3 is 0 Å². The summed E-state index contributed by atoms with van der Waals surface area (Å²) < 4.78 is 39.3. The summed E-state index contributed by atoms with van der Waals surface area (Å²) in [7, 11) is -2.30. The molecule has 268 valence electrons. The summed E-state index contributed by atoms with van der Waals surface area (Å²) in [6, 6.07) is 5.28. The fraction of sp³-hybridized carbons (Fsp3) is 0.583. The second-order valence-electron chi connectivity index (χ2n) is 15.7. The zero-order valence-electron chi connectivity index (χ0n) is 28.8. The Morgan fingerprint density at radius 1 is 1.08 bits per heavy atom. The molecule has 1 unspecified atom stereocenters. The number of methoxy groups -OCH3 is 1. The van der Waals surface area contributed by atoms with E-state index in [2.05, 4.69) is 26.9 Å². The maximum atomic E-state index is 14.5. The fourth-order valence-corrected chi connectivity index (χ4v) is 9.03. The minimum absolute atomic E-state index is 0.0163. The van der Waals surface area contributed by atoms with Crippen LogP contribution in [-0.2, 0) is 29.2 Å². The number of ether oxygens (including phenoxy) is 2. The number of amides is 4. The Balaban J connectivity index is 1.16. The maximum Gasteiger partial charge on any atom is 0.259 e. The van der Waals surface area contributed by atoms with Crippen molar-refractivity contribution in [3.63, 3.8) is 0 Å². The van der Waals surface area contributed by atoms with Gasteiger partial charge in [-0.2, -0.15) is 0 Å². The van der Waals surface area contributed by atoms with E-state index in [4.69, 9.17) is 9.47 Å². The molecule has 0 spiro atoms. The normalized spacial score (nSPS) is 30.3. The Morgan fingerprint density at radius 2 is 1.80 bits per heavy atom. The second kappa shape index (κ2) is 12.2. The first-order valence-corrected chi connectivity index (χ1v) is 18.9. The Kier molecular flexibility index (Phi) is 8.39. The molecule has 5 saturated carbocycles. The average Bonchev–Trinajstić information content (AvgIpc) is 3.94. The lowest BCUT2D eigenvalue weighted by atomic mass is 9.48. The van der Waals surface area contributed by atoms with Crippen molar-refractivity contribution in [2.75, 3.05) is 13.7 Å². The van der Waals surface area contributed by atoms with Gasteiger partial charge in [0.25, 0.3) is 5.91 Å². The summed E-state index contributed by atoms with van der Waals surface area (Å²) in [4.78, 5) is 61.4. The van der Waals surface area contributed by atoms with E-state index in [-0.39, 0.29) is 31.2 Å². The number of rotatable bonds is 12. The van der Waals surface area contributed by atoms with Crippen LogP contribution in [0.1, 0.15) is 59.3 Å². The standard InChI is InChI=1S/C36H45N5O8S/c1-6-22-17-36(22,34(45)40-50(46,47)25-8-9-25)39-30(42)27-16-24(49-32-26-10-7-23(48-5)15-19(26)11-12-37-32)18-41(27)33(44)29(35(2,3)4)38-31(43)28-20-13-21(28)14-20/h6-7,10-12,15,20-22,24-25,27-29H,1,8-9,13-14,16-18H2,2-5H3,(H,38,43)(H,39,42)(H,40,45)/t20?,21?,22?,24-,27+,28?,29-,36-/m1/s1. The summed E-state index contributed by atoms with van der Waals surface area (Å²) in [5.41, 5.74) is -2.22. The Hall–Kier alpha value is -4.20. The van der Waals surface area contributed by atoms with Crippen molar-refractivity contribution >= 4 is 44.4 Å². The second-order valence-corrected chi connectivity index (χ2v) is 17.7. The molecule has 13 nitrogen and oxygen atoms in total. The van der Waals surface area contributed by atoms with Crippen LogP contribution in [0.4, 0.5) is 0 Å². The number of carbonyl (C=O) groups is 4. The van der Waals surface area contributed by atoms with Gasteiger partial charge in [-0.15, -0.1) is 6.58 Å². The minimum Gasteiger partial charge on any atom is -0.497 e. The van der Waals surface area contributed by atoms with Gasteiger partial charge in [0.1, 0.15) is 29.5 Å². The minimum atomic E-state index is -3.88. The SMILES string of the molecule is C=CC1C[C@]1(NC(=O)[C@@H]1C[C@@H](Oc2nccc3cc(OC)ccc23)CN1C(=O)[C@@H](NC(=O)C1C2CC1C2)C(C)(C)C)C(=O)NS(=O)(=O)C1CC1. The van der Waals surface area contributed by atoms with Crippen molar-refractivity contribution in [1.29, 1.82) is 0 Å². The van der Waals surface area contributed by atoms with E-state index >= 15 is 0 Å². The third-order valence-electron chi connectivity index (χ3n) is 11.2. The van der Waals surface area contributed by atoms with Gasteiger partial charge in [-0.1, -0.05) is 26.8 Å². The summed E-state index contributed by atoms with van der Waals surface area (Å²) in [5.74, 6) is -0.908. The molecule has 5 aliphatic carbocycles. The van der Waals surface area contributed by atoms with Crippen LogP contribution in [0.15, 0.2) is 43.1 Å². The highest BCUT2D eigenvalue weighted by molar-refractivity contribution is 7.91. The first-order chi connectivity index (χ1) is 23.6. The highest BCUT2D eigenvalue weighted by atomic mass is 32.2. The van der Waals surface area contributed by atoms with E-state index in [1.165, 1.54) is 11.0 Å². The van der Waals surface area contributed by atoms with Gasteiger partial charge in [-0.05, 0) is 79.0 Å². The predicted molar refractivity (Wildman–Crippen MR) is 183 cm³/mol. The Bertz CT molecular complexity index is 1860. The summed E-state index contributed by atoms with van der Waals surface area (Å²) in [5, 5.41) is 6.76. The van der Waals surface area contributed by atoms with Crippen molar-refractivity contribution in [2.24, 2.45) is 29.1 Å². The number of nitrogens with one attached hydrogen (secondary N) is 3. The van der Waals surface area contributed by atoms with Crippen LogP contribution >= 0.6 is 0 Å². The molecule has 1 aromatic heterocycles. The monoisotopic (exact) mass is 707 g/mol. The predicted octanol–water partition coefficient (Wildman–Crippen LogP) is 2.45. The van der Waals surface area contributed by atoms with Gasteiger partial charge in [-0.3, -0.25) is 23.9 Å². The number of nitrogens with zero attached hydrogens (tertiary/aromatic N) is 2. The molecule has 5 atom stereocenters. The highest BCUT2D eigenvalue weighted by Crippen LogP contribution is 2.58. The molecule has 3 N–H and O–H groups in total. The lowest BCUT2D eigenvalue weighted by Crippen LogP contribution is -2.63. The molecule has 4 amide bonds. The van der Waals surface area contributed by atoms with E-state index in [1.54, 1.807) is 19.4 Å². The molecule has 1 saturated heterocycles. The van der Waals surface area contributed by atoms with Crippen LogP contribution in [-0.4, -0.2) is 84.6 Å². The molecular formula is C36H45N5O8S. The Labute approximate surface area is 292 Å². The molecule has 2 heterocycles. The molecule has 2 bridgehead atoms. The van der Waals surface area contributed by atoms with Gasteiger partial charge in [0.15, 0.2) is 0 Å². The quantitative estimate of drug-likeness (QED) is 0.280. The van der Waals surface area contributed by atoms with Gasteiger partial charge in [0.05, 0.1) is 18.9 Å². The van der Waals surface area contributed by atoms with Crippen molar-refractivity contribution in [3.05, 3.63) is 43.1 Å². The van der Waals surface area contributed by atoms with E-state index in [1.807, 2.05) is 39.0 Å². The summed E-state index contributed by atoms with van der Waals surface area (Å²) in [6.45, 7) is 9.39. The number of fused-ring (bicyclic) bond motifs is 1. The molecule has 0 radical (unpaired) electrons. The molecule has 1 aliphatic heterocycles. The van der Waals surface area contributed by atoms with Gasteiger partial charge in [0, 0.05) is 29.8 Å². The van der Waals surface area contributed by atoms with E-state index < -0.39 is 68.1 Å². The number of sulfonamides is 1. The number of pyridine rings is 1. The van der Waals surface area contributed by atoms with Crippen molar-refractivity contribution in [2.45, 2.75) is 88.3 Å². The van der Waals surface area contributed by atoms with Crippen LogP contribution in [0.25, 0.3) is 10.8 Å². The number of benzene rings is 1. The molecule has 6 aliphatic rings. The van der Waals surface area contributed by atoms with E-state index in [9.17, 15) is 27.6 Å². The van der Waals surface area contributed by atoms with Crippen LogP contribution < -0.4 is 24.8 Å². The third-order valence-corrected chi connectivity index (χ3v) is 13.1. The Morgan fingerprint density at radius 3 is 2.38 bits per heavy atom. The van der Waals surface area contributed by atoms with E-state index in [0.29, 0.717) is 36.3 Å². The number of hydrogen-bond acceptors (Lipinski definition) is 9. The summed E-state index contributed by atoms with van der Waals surface area (Å²) in [6.07, 6.45) is 5.72. The van der Waals surface area contributed by atoms with Crippen molar-refractivity contribution in [3.8, 4) is 11.6 Å². The van der Waals surface area contributed by atoms with E-state index in [0.717, 1.165) is 23.6 Å². The number of hydrogen-bond donors (Lipinski definition) is 3. The van der Waals surface area contributed by atoms with Crippen LogP contribution in [0.2, 0.25) is 0 Å². The maximum absolute atomic E-state index is 14.5. The topological polar surface area (TPSA) is 173 Å². The molecule has 1 aromatic carbocycles. The first kappa shape index (κ1) is 34.3. The average molecular weight is 708 g/mol. The number of aromatic nitrogens is 1. The van der Waals surface area contributed by atoms with Crippen molar-refractivity contribution < 1.29 is 37.1 Å². The number of likely N-dealkylation sites (tertiary alicyclic amines) is 1. The molecule has 6 fully saturated rings. The number of carbonyl (C=O) groups excluding carboxylic acids is 4. The highest BCUT2D eigenvalue weighted by Gasteiger charge is 2.62. The molecular weight excluding hydrogens is 662 g/mol. The fourth-order valence-electron chi connectivity index (χ4n) is 7.67. The summed E-state index contributed by atoms with van der Waals surface area (Å²) >= 11 is 0. The van der Waals surface area contributed by atoms with Gasteiger partial charge in [0.2, 0.25) is 33.6 Å². The smallest absolute Gasteiger partial charge is 0.259 e. The van der Waals surface area contributed by atoms with Gasteiger partial charge < -0.3 is 25.0 Å². The van der Waals surface area contributed by atoms with Crippen molar-refractivity contribution in [1.82, 2.24) is 25.2 Å². The first-order valence-electron chi connectivity index (χ1n) is 17.4. The van der Waals surface area contributed by atoms with Crippen LogP contribution in [0.5, 0.6) is 11.6 Å². The van der Waals surface area contributed by atoms with Crippen LogP contribution in [0.3, 0.4) is 0 Å². The zero-order valence-corrected chi connectivity index (χ0v) is 29.6. The lowest BCUT2D eigenvalue weighted by Gasteiger charge is -2.57. The third kappa shape index (κ3) is 6.09. The van der Waals surface area contributed by atoms with Crippen LogP contribution in [0, 0.1) is 29.1 Å². The lowest BCUT2D eigenvalue weighted by molar-refractivity contribution is -0.157. The molecule has 50 heavy (non-hydrogen) atoms. The van der Waals surface area contributed by atoms with Gasteiger partial charge in [-0.25, -0.2) is 13.4 Å². The molecule has 14 heteroatoms. The molecule has 2 aromatic rings.